The Bertz CT molecular complexity index is 193. The summed E-state index contributed by atoms with van der Waals surface area (Å²) in [4.78, 5) is 13.7. The fourth-order valence-electron chi connectivity index (χ4n) is 2.12. The summed E-state index contributed by atoms with van der Waals surface area (Å²) in [5.74, 6) is 0.572. The topological polar surface area (TPSA) is 32.3 Å². The minimum absolute atomic E-state index is 0.223. The molecule has 0 aromatic heterocycles. The number of hydrogen-bond acceptors (Lipinski definition) is 2. The second-order valence-corrected chi connectivity index (χ2v) is 3.83. The Morgan fingerprint density at radius 3 is 3.17 bits per heavy atom. The van der Waals surface area contributed by atoms with Crippen molar-refractivity contribution in [3.05, 3.63) is 0 Å². The van der Waals surface area contributed by atoms with Gasteiger partial charge in [0.2, 0.25) is 5.91 Å². The molecule has 0 spiro atoms. The predicted molar refractivity (Wildman–Crippen MR) is 46.5 cm³/mol. The fraction of sp³-hybridized carbons (Fsp3) is 0.889. The molecule has 0 aromatic rings. The monoisotopic (exact) mass is 168 g/mol. The van der Waals surface area contributed by atoms with E-state index in [1.54, 1.807) is 0 Å². The Kier molecular flexibility index (Phi) is 2.05. The normalized spacial score (nSPS) is 36.4. The van der Waals surface area contributed by atoms with Gasteiger partial charge in [0.25, 0.3) is 0 Å². The van der Waals surface area contributed by atoms with Gasteiger partial charge in [-0.05, 0) is 25.8 Å². The van der Waals surface area contributed by atoms with Crippen molar-refractivity contribution in [1.82, 2.24) is 10.2 Å². The molecule has 0 aliphatic carbocycles. The summed E-state index contributed by atoms with van der Waals surface area (Å²) in [5.41, 5.74) is 0. The van der Waals surface area contributed by atoms with Crippen LogP contribution in [-0.4, -0.2) is 30.1 Å². The van der Waals surface area contributed by atoms with Crippen molar-refractivity contribution in [3.8, 4) is 0 Å². The van der Waals surface area contributed by atoms with Gasteiger partial charge >= 0.3 is 0 Å². The van der Waals surface area contributed by atoms with E-state index in [4.69, 9.17) is 0 Å². The molecular weight excluding hydrogens is 152 g/mol. The standard InChI is InChI=1S/C9H16N2O/c1-7-4-5-10-8-3-2-6-11(8)9(7)12/h7-8,10H,2-6H2,1H3. The van der Waals surface area contributed by atoms with Crippen LogP contribution in [0, 0.1) is 5.92 Å². The molecule has 2 fully saturated rings. The maximum absolute atomic E-state index is 11.7. The summed E-state index contributed by atoms with van der Waals surface area (Å²) in [5, 5.41) is 3.41. The molecule has 2 saturated heterocycles. The van der Waals surface area contributed by atoms with Crippen molar-refractivity contribution < 1.29 is 4.79 Å². The van der Waals surface area contributed by atoms with E-state index in [9.17, 15) is 4.79 Å². The zero-order chi connectivity index (χ0) is 8.55. The maximum atomic E-state index is 11.7. The number of nitrogens with zero attached hydrogens (tertiary/aromatic N) is 1. The largest absolute Gasteiger partial charge is 0.327 e. The third-order valence-corrected chi connectivity index (χ3v) is 2.91. The van der Waals surface area contributed by atoms with Crippen LogP contribution in [0.2, 0.25) is 0 Å². The van der Waals surface area contributed by atoms with Crippen LogP contribution in [0.5, 0.6) is 0 Å². The summed E-state index contributed by atoms with van der Waals surface area (Å²) in [6.07, 6.45) is 3.64. The average molecular weight is 168 g/mol. The molecule has 0 radical (unpaired) electrons. The van der Waals surface area contributed by atoms with Gasteiger partial charge in [0.05, 0.1) is 6.17 Å². The van der Waals surface area contributed by atoms with E-state index in [1.165, 1.54) is 0 Å². The first-order chi connectivity index (χ1) is 5.79. The van der Waals surface area contributed by atoms with Crippen LogP contribution in [0.3, 0.4) is 0 Å². The SMILES string of the molecule is CC1CCNC2CCCN2C1=O. The van der Waals surface area contributed by atoms with Crippen molar-refractivity contribution >= 4 is 5.91 Å². The highest BCUT2D eigenvalue weighted by Gasteiger charge is 2.33. The molecule has 0 aromatic carbocycles. The smallest absolute Gasteiger partial charge is 0.226 e. The van der Waals surface area contributed by atoms with Crippen LogP contribution in [0.1, 0.15) is 26.2 Å². The Morgan fingerprint density at radius 2 is 2.33 bits per heavy atom. The van der Waals surface area contributed by atoms with Crippen molar-refractivity contribution in [1.29, 1.82) is 0 Å². The maximum Gasteiger partial charge on any atom is 0.226 e. The molecule has 0 saturated carbocycles. The van der Waals surface area contributed by atoms with Crippen LogP contribution in [0.4, 0.5) is 0 Å². The van der Waals surface area contributed by atoms with Gasteiger partial charge < -0.3 is 4.90 Å². The molecule has 2 heterocycles. The molecule has 3 heteroatoms. The summed E-state index contributed by atoms with van der Waals surface area (Å²) >= 11 is 0. The molecule has 1 amide bonds. The van der Waals surface area contributed by atoms with Crippen molar-refractivity contribution in [3.63, 3.8) is 0 Å². The zero-order valence-electron chi connectivity index (χ0n) is 7.55. The summed E-state index contributed by atoms with van der Waals surface area (Å²) < 4.78 is 0. The molecule has 1 N–H and O–H groups in total. The number of carbonyl (C=O) groups is 1. The average Bonchev–Trinajstić information content (AvgIpc) is 2.46. The van der Waals surface area contributed by atoms with Gasteiger partial charge in [0, 0.05) is 12.5 Å². The van der Waals surface area contributed by atoms with Gasteiger partial charge in [-0.25, -0.2) is 0 Å². The number of rotatable bonds is 0. The molecule has 2 aliphatic heterocycles. The molecule has 2 unspecified atom stereocenters. The summed E-state index contributed by atoms with van der Waals surface area (Å²) in [6, 6.07) is 0. The third kappa shape index (κ3) is 1.22. The van der Waals surface area contributed by atoms with E-state index in [0.29, 0.717) is 12.1 Å². The van der Waals surface area contributed by atoms with E-state index in [0.717, 1.165) is 32.4 Å². The van der Waals surface area contributed by atoms with Crippen molar-refractivity contribution in [2.75, 3.05) is 13.1 Å². The lowest BCUT2D eigenvalue weighted by Crippen LogP contribution is -2.43. The van der Waals surface area contributed by atoms with E-state index < -0.39 is 0 Å². The first-order valence-corrected chi connectivity index (χ1v) is 4.83. The lowest BCUT2D eigenvalue weighted by atomic mass is 10.1. The molecule has 0 bridgehead atoms. The Morgan fingerprint density at radius 1 is 1.50 bits per heavy atom. The minimum Gasteiger partial charge on any atom is -0.327 e. The van der Waals surface area contributed by atoms with Gasteiger partial charge in [-0.15, -0.1) is 0 Å². The quantitative estimate of drug-likeness (QED) is 0.573. The summed E-state index contributed by atoms with van der Waals surface area (Å²) in [6.45, 7) is 3.99. The fourth-order valence-corrected chi connectivity index (χ4v) is 2.12. The lowest BCUT2D eigenvalue weighted by Gasteiger charge is -2.23. The zero-order valence-corrected chi connectivity index (χ0v) is 7.55. The van der Waals surface area contributed by atoms with Crippen LogP contribution in [0.25, 0.3) is 0 Å². The van der Waals surface area contributed by atoms with E-state index >= 15 is 0 Å². The van der Waals surface area contributed by atoms with E-state index in [2.05, 4.69) is 5.32 Å². The number of nitrogens with one attached hydrogen (secondary N) is 1. The van der Waals surface area contributed by atoms with Gasteiger partial charge in [-0.3, -0.25) is 10.1 Å². The highest BCUT2D eigenvalue weighted by molar-refractivity contribution is 5.79. The first-order valence-electron chi connectivity index (χ1n) is 4.83. The molecule has 2 aliphatic rings. The number of amides is 1. The molecule has 12 heavy (non-hydrogen) atoms. The predicted octanol–water partition coefficient (Wildman–Crippen LogP) is 0.564. The van der Waals surface area contributed by atoms with Crippen LogP contribution in [0.15, 0.2) is 0 Å². The van der Waals surface area contributed by atoms with Crippen LogP contribution in [-0.2, 0) is 4.79 Å². The highest BCUT2D eigenvalue weighted by Crippen LogP contribution is 2.21. The number of hydrogen-bond donors (Lipinski definition) is 1. The highest BCUT2D eigenvalue weighted by atomic mass is 16.2. The third-order valence-electron chi connectivity index (χ3n) is 2.91. The Labute approximate surface area is 73.1 Å². The molecular formula is C9H16N2O. The van der Waals surface area contributed by atoms with E-state index in [-0.39, 0.29) is 5.92 Å². The molecule has 2 rings (SSSR count). The van der Waals surface area contributed by atoms with Gasteiger partial charge in [0.15, 0.2) is 0 Å². The second-order valence-electron chi connectivity index (χ2n) is 3.83. The minimum atomic E-state index is 0.223. The second kappa shape index (κ2) is 3.05. The number of fused-ring (bicyclic) bond motifs is 1. The lowest BCUT2D eigenvalue weighted by molar-refractivity contribution is -0.135. The summed E-state index contributed by atoms with van der Waals surface area (Å²) in [7, 11) is 0. The van der Waals surface area contributed by atoms with Crippen LogP contribution >= 0.6 is 0 Å². The van der Waals surface area contributed by atoms with Gasteiger partial charge in [-0.1, -0.05) is 6.92 Å². The Balaban J connectivity index is 2.13. The van der Waals surface area contributed by atoms with Gasteiger partial charge in [0.1, 0.15) is 0 Å². The van der Waals surface area contributed by atoms with Crippen molar-refractivity contribution in [2.45, 2.75) is 32.4 Å². The van der Waals surface area contributed by atoms with Crippen molar-refractivity contribution in [2.24, 2.45) is 5.92 Å². The first kappa shape index (κ1) is 8.05. The Hall–Kier alpha value is -0.570. The molecule has 3 nitrogen and oxygen atoms in total. The van der Waals surface area contributed by atoms with Crippen LogP contribution < -0.4 is 5.32 Å². The molecule has 68 valence electrons. The molecule has 2 atom stereocenters. The van der Waals surface area contributed by atoms with Gasteiger partial charge in [-0.2, -0.15) is 0 Å². The van der Waals surface area contributed by atoms with E-state index in [1.807, 2.05) is 11.8 Å². The number of carbonyl (C=O) groups excluding carboxylic acids is 1.